The number of non-ortho nitro benzene ring substituents is 1. The van der Waals surface area contributed by atoms with Gasteiger partial charge in [0.15, 0.2) is 12.4 Å². The number of amides is 1. The van der Waals surface area contributed by atoms with Crippen molar-refractivity contribution in [2.75, 3.05) is 6.54 Å². The minimum Gasteiger partial charge on any atom is -0.480 e. The summed E-state index contributed by atoms with van der Waals surface area (Å²) < 4.78 is 5.40. The molecule has 0 aliphatic heterocycles. The van der Waals surface area contributed by atoms with E-state index in [-0.39, 0.29) is 22.9 Å². The fraction of sp³-hybridized carbons (Fsp3) is 0.429. The first-order valence-corrected chi connectivity index (χ1v) is 6.67. The lowest BCUT2D eigenvalue weighted by molar-refractivity contribution is -0.384. The summed E-state index contributed by atoms with van der Waals surface area (Å²) in [4.78, 5) is 32.8. The third-order valence-electron chi connectivity index (χ3n) is 2.83. The van der Waals surface area contributed by atoms with Gasteiger partial charge in [-0.15, -0.1) is 0 Å². The maximum absolute atomic E-state index is 11.8. The molecule has 0 heterocycles. The fourth-order valence-corrected chi connectivity index (χ4v) is 1.62. The molecule has 7 nitrogen and oxygen atoms in total. The number of unbranched alkanes of at least 4 members (excludes halogenated alkanes) is 1. The number of carbonyl (C=O) groups is 2. The smallest absolute Gasteiger partial charge is 0.270 e. The molecule has 0 aromatic heterocycles. The van der Waals surface area contributed by atoms with Crippen LogP contribution in [0, 0.1) is 10.1 Å². The van der Waals surface area contributed by atoms with Gasteiger partial charge in [0, 0.05) is 18.7 Å². The van der Waals surface area contributed by atoms with Crippen molar-refractivity contribution in [3.05, 3.63) is 33.9 Å². The summed E-state index contributed by atoms with van der Waals surface area (Å²) in [5.74, 6) is -0.146. The van der Waals surface area contributed by atoms with Crippen LogP contribution in [0.25, 0.3) is 0 Å². The fourth-order valence-electron chi connectivity index (χ4n) is 1.62. The van der Waals surface area contributed by atoms with E-state index >= 15 is 0 Å². The Morgan fingerprint density at radius 1 is 1.52 bits per heavy atom. The summed E-state index contributed by atoms with van der Waals surface area (Å²) >= 11 is 0. The molecule has 114 valence electrons. The van der Waals surface area contributed by atoms with Crippen molar-refractivity contribution >= 4 is 17.9 Å². The molecule has 1 amide bonds. The van der Waals surface area contributed by atoms with Gasteiger partial charge < -0.3 is 10.1 Å². The number of ether oxygens (including phenoxy) is 1. The van der Waals surface area contributed by atoms with Crippen molar-refractivity contribution in [3.63, 3.8) is 0 Å². The predicted octanol–water partition coefficient (Wildman–Crippen LogP) is 2.09. The molecule has 1 N–H and O–H groups in total. The van der Waals surface area contributed by atoms with E-state index in [4.69, 9.17) is 4.74 Å². The number of nitro benzene ring substituents is 1. The molecule has 0 saturated carbocycles. The van der Waals surface area contributed by atoms with Crippen LogP contribution in [-0.4, -0.2) is 29.8 Å². The lowest BCUT2D eigenvalue weighted by atomic mass is 10.2. The molecule has 1 unspecified atom stereocenters. The van der Waals surface area contributed by atoms with Gasteiger partial charge in [-0.25, -0.2) is 0 Å². The van der Waals surface area contributed by atoms with E-state index in [2.05, 4.69) is 5.32 Å². The topological polar surface area (TPSA) is 98.5 Å². The van der Waals surface area contributed by atoms with Gasteiger partial charge in [0.05, 0.1) is 10.5 Å². The molecule has 0 aliphatic rings. The van der Waals surface area contributed by atoms with Gasteiger partial charge in [-0.05, 0) is 19.4 Å². The van der Waals surface area contributed by atoms with Crippen molar-refractivity contribution in [1.29, 1.82) is 0 Å². The lowest BCUT2D eigenvalue weighted by Gasteiger charge is -2.15. The number of hydrogen-bond donors (Lipinski definition) is 1. The lowest BCUT2D eigenvalue weighted by Crippen LogP contribution is -2.36. The monoisotopic (exact) mass is 294 g/mol. The first-order valence-electron chi connectivity index (χ1n) is 6.67. The van der Waals surface area contributed by atoms with E-state index < -0.39 is 11.0 Å². The highest BCUT2D eigenvalue weighted by molar-refractivity contribution is 5.83. The van der Waals surface area contributed by atoms with Crippen LogP contribution < -0.4 is 10.1 Å². The molecule has 0 aliphatic carbocycles. The number of nitrogens with one attached hydrogen (secondary N) is 1. The number of carbonyl (C=O) groups excluding carboxylic acids is 2. The summed E-state index contributed by atoms with van der Waals surface area (Å²) in [6.07, 6.45) is 1.51. The molecule has 0 saturated heterocycles. The van der Waals surface area contributed by atoms with Gasteiger partial charge in [-0.2, -0.15) is 0 Å². The highest BCUT2D eigenvalue weighted by atomic mass is 16.6. The molecule has 1 aromatic rings. The van der Waals surface area contributed by atoms with Crippen LogP contribution in [0.3, 0.4) is 0 Å². The first kappa shape index (κ1) is 16.6. The third kappa shape index (κ3) is 4.87. The molecule has 1 atom stereocenters. The molecule has 1 aromatic carbocycles. The summed E-state index contributed by atoms with van der Waals surface area (Å²) in [6.45, 7) is 4.13. The van der Waals surface area contributed by atoms with E-state index in [1.54, 1.807) is 6.92 Å². The average molecular weight is 294 g/mol. The Morgan fingerprint density at radius 2 is 2.24 bits per heavy atom. The Labute approximate surface area is 122 Å². The van der Waals surface area contributed by atoms with Gasteiger partial charge in [0.2, 0.25) is 0 Å². The Kier molecular flexibility index (Phi) is 6.32. The highest BCUT2D eigenvalue weighted by Crippen LogP contribution is 2.23. The van der Waals surface area contributed by atoms with Crippen LogP contribution in [0.15, 0.2) is 18.2 Å². The standard InChI is InChI=1S/C14H18N2O5/c1-3-4-7-15-14(18)10(2)21-13-6-5-12(16(19)20)8-11(13)9-17/h5-6,8-10H,3-4,7H2,1-2H3,(H,15,18). The van der Waals surface area contributed by atoms with Crippen LogP contribution in [0.5, 0.6) is 5.75 Å². The zero-order chi connectivity index (χ0) is 15.8. The molecule has 0 fully saturated rings. The van der Waals surface area contributed by atoms with E-state index in [1.807, 2.05) is 6.92 Å². The molecular weight excluding hydrogens is 276 g/mol. The minimum atomic E-state index is -0.790. The number of nitrogens with zero attached hydrogens (tertiary/aromatic N) is 1. The van der Waals surface area contributed by atoms with E-state index in [0.717, 1.165) is 18.9 Å². The SMILES string of the molecule is CCCCNC(=O)C(C)Oc1ccc([N+](=O)[O-])cc1C=O. The summed E-state index contributed by atoms with van der Waals surface area (Å²) in [7, 11) is 0. The van der Waals surface area contributed by atoms with Crippen molar-refractivity contribution < 1.29 is 19.2 Å². The largest absolute Gasteiger partial charge is 0.480 e. The van der Waals surface area contributed by atoms with E-state index in [1.165, 1.54) is 12.1 Å². The van der Waals surface area contributed by atoms with E-state index in [9.17, 15) is 19.7 Å². The van der Waals surface area contributed by atoms with Gasteiger partial charge in [-0.3, -0.25) is 19.7 Å². The van der Waals surface area contributed by atoms with E-state index in [0.29, 0.717) is 12.8 Å². The Balaban J connectivity index is 2.75. The second-order valence-electron chi connectivity index (χ2n) is 4.50. The molecule has 21 heavy (non-hydrogen) atoms. The number of benzene rings is 1. The van der Waals surface area contributed by atoms with Gasteiger partial charge >= 0.3 is 0 Å². The minimum absolute atomic E-state index is 0.0393. The number of aldehydes is 1. The maximum Gasteiger partial charge on any atom is 0.270 e. The summed E-state index contributed by atoms with van der Waals surface area (Å²) in [5, 5.41) is 13.4. The first-order chi connectivity index (χ1) is 9.99. The molecule has 1 rings (SSSR count). The third-order valence-corrected chi connectivity index (χ3v) is 2.83. The molecule has 7 heteroatoms. The highest BCUT2D eigenvalue weighted by Gasteiger charge is 2.17. The second kappa shape index (κ2) is 7.98. The van der Waals surface area contributed by atoms with Gasteiger partial charge in [0.25, 0.3) is 11.6 Å². The summed E-state index contributed by atoms with van der Waals surface area (Å²) in [6, 6.07) is 3.66. The average Bonchev–Trinajstić information content (AvgIpc) is 2.47. The number of rotatable bonds is 8. The Hall–Kier alpha value is -2.44. The quantitative estimate of drug-likeness (QED) is 0.342. The van der Waals surface area contributed by atoms with Crippen molar-refractivity contribution in [2.45, 2.75) is 32.8 Å². The number of hydrogen-bond acceptors (Lipinski definition) is 5. The van der Waals surface area contributed by atoms with Crippen LogP contribution in [-0.2, 0) is 4.79 Å². The van der Waals surface area contributed by atoms with Crippen molar-refractivity contribution in [1.82, 2.24) is 5.32 Å². The van der Waals surface area contributed by atoms with Crippen molar-refractivity contribution in [3.8, 4) is 5.75 Å². The van der Waals surface area contributed by atoms with Crippen LogP contribution in [0.2, 0.25) is 0 Å². The molecule has 0 spiro atoms. The van der Waals surface area contributed by atoms with Crippen molar-refractivity contribution in [2.24, 2.45) is 0 Å². The Morgan fingerprint density at radius 3 is 2.81 bits per heavy atom. The van der Waals surface area contributed by atoms with Gasteiger partial charge in [-0.1, -0.05) is 13.3 Å². The number of nitro groups is 1. The Bertz CT molecular complexity index is 530. The van der Waals surface area contributed by atoms with Gasteiger partial charge in [0.1, 0.15) is 5.75 Å². The van der Waals surface area contributed by atoms with Crippen LogP contribution >= 0.6 is 0 Å². The summed E-state index contributed by atoms with van der Waals surface area (Å²) in [5.41, 5.74) is -0.165. The zero-order valence-corrected chi connectivity index (χ0v) is 12.0. The molecule has 0 bridgehead atoms. The normalized spacial score (nSPS) is 11.5. The molecular formula is C14H18N2O5. The van der Waals surface area contributed by atoms with Crippen LogP contribution in [0.1, 0.15) is 37.0 Å². The maximum atomic E-state index is 11.8. The van der Waals surface area contributed by atoms with Crippen LogP contribution in [0.4, 0.5) is 5.69 Å². The molecule has 0 radical (unpaired) electrons. The zero-order valence-electron chi connectivity index (χ0n) is 12.0. The second-order valence-corrected chi connectivity index (χ2v) is 4.50. The predicted molar refractivity (Wildman–Crippen MR) is 76.5 cm³/mol.